The number of hydrogen-bond donors (Lipinski definition) is 1. The van der Waals surface area contributed by atoms with Crippen molar-refractivity contribution in [2.75, 3.05) is 4.90 Å². The standard InChI is InChI=1S/C23H35BNO2S/c1-8-9-15-12-17(13-15)25-19-14-16(24-27-22(4,5)23(6,7)28)10-11-18(19)21(2,3)20(25)26/h10-11,14-15,17,28H,8-9,12-13H2,1-7H3. The zero-order valence-corrected chi connectivity index (χ0v) is 19.4. The summed E-state index contributed by atoms with van der Waals surface area (Å²) < 4.78 is 5.83. The molecule has 153 valence electrons. The Morgan fingerprint density at radius 3 is 2.46 bits per heavy atom. The van der Waals surface area contributed by atoms with E-state index in [1.54, 1.807) is 0 Å². The van der Waals surface area contributed by atoms with E-state index in [0.29, 0.717) is 6.04 Å². The highest BCUT2D eigenvalue weighted by atomic mass is 32.1. The lowest BCUT2D eigenvalue weighted by Gasteiger charge is -2.42. The van der Waals surface area contributed by atoms with Crippen molar-refractivity contribution in [3.8, 4) is 0 Å². The molecule has 5 heteroatoms. The van der Waals surface area contributed by atoms with Crippen molar-refractivity contribution in [2.24, 2.45) is 5.92 Å². The second-order valence-corrected chi connectivity index (χ2v) is 11.3. The normalized spacial score (nSPS) is 24.1. The van der Waals surface area contributed by atoms with Crippen LogP contribution in [0.4, 0.5) is 5.69 Å². The molecule has 1 saturated carbocycles. The van der Waals surface area contributed by atoms with Crippen molar-refractivity contribution in [2.45, 2.75) is 96.0 Å². The summed E-state index contributed by atoms with van der Waals surface area (Å²) in [7, 11) is 1.81. The molecule has 0 spiro atoms. The number of nitrogens with zero attached hydrogens (tertiary/aromatic N) is 1. The lowest BCUT2D eigenvalue weighted by atomic mass is 9.76. The van der Waals surface area contributed by atoms with Gasteiger partial charge in [0.05, 0.1) is 11.0 Å². The van der Waals surface area contributed by atoms with Crippen LogP contribution in [0.3, 0.4) is 0 Å². The Bertz CT molecular complexity index is 747. The number of amides is 1. The average Bonchev–Trinajstić information content (AvgIpc) is 2.75. The van der Waals surface area contributed by atoms with E-state index in [9.17, 15) is 4.79 Å². The Morgan fingerprint density at radius 1 is 1.25 bits per heavy atom. The molecule has 1 amide bonds. The predicted octanol–water partition coefficient (Wildman–Crippen LogP) is 4.64. The molecule has 3 nitrogen and oxygen atoms in total. The summed E-state index contributed by atoms with van der Waals surface area (Å²) in [5, 5.41) is 0. The van der Waals surface area contributed by atoms with E-state index in [4.69, 9.17) is 4.65 Å². The van der Waals surface area contributed by atoms with Gasteiger partial charge in [0.2, 0.25) is 5.91 Å². The summed E-state index contributed by atoms with van der Waals surface area (Å²) in [6.45, 7) is 14.5. The first-order valence-corrected chi connectivity index (χ1v) is 11.0. The third-order valence-corrected chi connectivity index (χ3v) is 7.48. The lowest BCUT2D eigenvalue weighted by Crippen LogP contribution is -2.49. The maximum atomic E-state index is 13.2. The van der Waals surface area contributed by atoms with E-state index in [1.165, 1.54) is 12.8 Å². The summed E-state index contributed by atoms with van der Waals surface area (Å²) in [5.74, 6) is 1.00. The summed E-state index contributed by atoms with van der Waals surface area (Å²) in [6, 6.07) is 6.62. The molecule has 1 radical (unpaired) electrons. The molecule has 1 aromatic carbocycles. The lowest BCUT2D eigenvalue weighted by molar-refractivity contribution is -0.123. The summed E-state index contributed by atoms with van der Waals surface area (Å²) >= 11 is 4.67. The molecule has 1 aliphatic heterocycles. The Morgan fingerprint density at radius 2 is 1.89 bits per heavy atom. The van der Waals surface area contributed by atoms with Crippen LogP contribution in [0.2, 0.25) is 0 Å². The van der Waals surface area contributed by atoms with E-state index in [0.717, 1.165) is 35.5 Å². The zero-order chi connectivity index (χ0) is 20.9. The fourth-order valence-electron chi connectivity index (χ4n) is 4.15. The number of benzene rings is 1. The fraction of sp³-hybridized carbons (Fsp3) is 0.696. The molecule has 0 saturated heterocycles. The minimum absolute atomic E-state index is 0.234. The molecule has 0 aromatic heterocycles. The van der Waals surface area contributed by atoms with E-state index in [1.807, 2.05) is 35.2 Å². The number of rotatable bonds is 7. The van der Waals surface area contributed by atoms with E-state index >= 15 is 0 Å². The number of hydrogen-bond acceptors (Lipinski definition) is 3. The molecule has 0 bridgehead atoms. The third kappa shape index (κ3) is 3.77. The van der Waals surface area contributed by atoms with Gasteiger partial charge in [0, 0.05) is 16.5 Å². The molecule has 1 aliphatic carbocycles. The molecular weight excluding hydrogens is 365 g/mol. The van der Waals surface area contributed by atoms with Gasteiger partial charge in [-0.1, -0.05) is 37.4 Å². The smallest absolute Gasteiger partial charge is 0.330 e. The Kier molecular flexibility index (Phi) is 5.75. The summed E-state index contributed by atoms with van der Waals surface area (Å²) in [4.78, 5) is 15.3. The molecule has 1 heterocycles. The van der Waals surface area contributed by atoms with Gasteiger partial charge < -0.3 is 9.55 Å². The maximum Gasteiger partial charge on any atom is 0.330 e. The number of carbonyl (C=O) groups excluding carboxylic acids is 1. The van der Waals surface area contributed by atoms with Crippen LogP contribution < -0.4 is 10.4 Å². The fourth-order valence-corrected chi connectivity index (χ4v) is 4.21. The van der Waals surface area contributed by atoms with Gasteiger partial charge in [-0.05, 0) is 71.9 Å². The van der Waals surface area contributed by atoms with Crippen LogP contribution in [-0.4, -0.2) is 29.8 Å². The zero-order valence-electron chi connectivity index (χ0n) is 18.5. The van der Waals surface area contributed by atoms with Gasteiger partial charge in [0.1, 0.15) is 0 Å². The largest absolute Gasteiger partial charge is 0.428 e. The summed E-state index contributed by atoms with van der Waals surface area (Å²) in [6.07, 6.45) is 4.74. The molecule has 3 rings (SSSR count). The highest BCUT2D eigenvalue weighted by molar-refractivity contribution is 7.81. The quantitative estimate of drug-likeness (QED) is 0.534. The minimum atomic E-state index is -0.461. The van der Waals surface area contributed by atoms with Crippen LogP contribution in [0.25, 0.3) is 0 Å². The van der Waals surface area contributed by atoms with E-state index < -0.39 is 11.0 Å². The van der Waals surface area contributed by atoms with Gasteiger partial charge in [-0.2, -0.15) is 12.6 Å². The molecule has 2 aliphatic rings. The highest BCUT2D eigenvalue weighted by Gasteiger charge is 2.49. The van der Waals surface area contributed by atoms with Crippen molar-refractivity contribution < 1.29 is 9.45 Å². The molecule has 1 fully saturated rings. The first-order valence-electron chi connectivity index (χ1n) is 10.6. The van der Waals surface area contributed by atoms with Crippen molar-refractivity contribution in [3.63, 3.8) is 0 Å². The van der Waals surface area contributed by atoms with Crippen LogP contribution in [0, 0.1) is 5.92 Å². The predicted molar refractivity (Wildman–Crippen MR) is 122 cm³/mol. The van der Waals surface area contributed by atoms with Gasteiger partial charge in [0.15, 0.2) is 0 Å². The molecule has 0 atom stereocenters. The monoisotopic (exact) mass is 400 g/mol. The summed E-state index contributed by atoms with van der Waals surface area (Å²) in [5.41, 5.74) is 2.31. The molecular formula is C23H35BNO2S. The van der Waals surface area contributed by atoms with Gasteiger partial charge in [-0.3, -0.25) is 4.79 Å². The van der Waals surface area contributed by atoms with E-state index in [-0.39, 0.29) is 10.7 Å². The van der Waals surface area contributed by atoms with Gasteiger partial charge in [0.25, 0.3) is 0 Å². The minimum Gasteiger partial charge on any atom is -0.428 e. The molecule has 1 aromatic rings. The van der Waals surface area contributed by atoms with Crippen molar-refractivity contribution in [3.05, 3.63) is 23.8 Å². The third-order valence-electron chi connectivity index (χ3n) is 6.94. The van der Waals surface area contributed by atoms with Crippen molar-refractivity contribution in [1.29, 1.82) is 0 Å². The van der Waals surface area contributed by atoms with Crippen LogP contribution >= 0.6 is 12.6 Å². The van der Waals surface area contributed by atoms with Crippen LogP contribution in [-0.2, 0) is 14.9 Å². The second kappa shape index (κ2) is 7.39. The number of thiol groups is 1. The Balaban J connectivity index is 1.82. The SMILES string of the molecule is CCCC1CC(N2C(=O)C(C)(C)c3ccc([B]OC(C)(C)C(C)(C)S)cc32)C1. The molecule has 0 N–H and O–H groups in total. The molecule has 0 unspecified atom stereocenters. The van der Waals surface area contributed by atoms with Crippen LogP contribution in [0.1, 0.15) is 79.7 Å². The maximum absolute atomic E-state index is 13.2. The van der Waals surface area contributed by atoms with Gasteiger partial charge in [-0.25, -0.2) is 0 Å². The first-order chi connectivity index (χ1) is 12.9. The second-order valence-electron chi connectivity index (χ2n) is 10.2. The number of carbonyl (C=O) groups is 1. The Hall–Kier alpha value is -0.935. The first kappa shape index (κ1) is 21.8. The van der Waals surface area contributed by atoms with Gasteiger partial charge >= 0.3 is 7.48 Å². The van der Waals surface area contributed by atoms with Crippen LogP contribution in [0.5, 0.6) is 0 Å². The van der Waals surface area contributed by atoms with E-state index in [2.05, 4.69) is 56.5 Å². The topological polar surface area (TPSA) is 29.5 Å². The number of anilines is 1. The number of fused-ring (bicyclic) bond motifs is 1. The average molecular weight is 400 g/mol. The van der Waals surface area contributed by atoms with Crippen molar-refractivity contribution >= 4 is 37.2 Å². The Labute approximate surface area is 177 Å². The molecule has 28 heavy (non-hydrogen) atoms. The highest BCUT2D eigenvalue weighted by Crippen LogP contribution is 2.47. The van der Waals surface area contributed by atoms with Gasteiger partial charge in [-0.15, -0.1) is 0 Å². The van der Waals surface area contributed by atoms with Crippen molar-refractivity contribution in [1.82, 2.24) is 0 Å². The van der Waals surface area contributed by atoms with Crippen LogP contribution in [0.15, 0.2) is 18.2 Å².